The van der Waals surface area contributed by atoms with Crippen molar-refractivity contribution in [3.05, 3.63) is 114 Å². The molecule has 2 amide bonds. The van der Waals surface area contributed by atoms with Gasteiger partial charge in [-0.15, -0.1) is 5.11 Å². The van der Waals surface area contributed by atoms with Gasteiger partial charge >= 0.3 is 0 Å². The number of phenols is 1. The Morgan fingerprint density at radius 2 is 1.45 bits per heavy atom. The first kappa shape index (κ1) is 48.1. The molecule has 0 fully saturated rings. The number of carbonyl (C=O) groups is 2. The number of carbonyl (C=O) groups excluding carboxylic acids is 2. The van der Waals surface area contributed by atoms with E-state index in [2.05, 4.69) is 80.6 Å². The van der Waals surface area contributed by atoms with E-state index in [1.807, 2.05) is 0 Å². The second-order valence-electron chi connectivity index (χ2n) is 17.3. The van der Waals surface area contributed by atoms with Gasteiger partial charge in [-0.25, -0.2) is 0 Å². The lowest BCUT2D eigenvalue weighted by Gasteiger charge is -2.29. The third-order valence-electron chi connectivity index (χ3n) is 11.0. The molecule has 15 nitrogen and oxygen atoms in total. The molecule has 0 radical (unpaired) electrons. The minimum Gasteiger partial charge on any atom is -0.506 e. The van der Waals surface area contributed by atoms with Crippen LogP contribution in [-0.2, 0) is 35.9 Å². The van der Waals surface area contributed by atoms with E-state index in [9.17, 15) is 40.6 Å². The molecule has 65 heavy (non-hydrogen) atoms. The molecule has 0 spiro atoms. The van der Waals surface area contributed by atoms with Crippen LogP contribution in [0.25, 0.3) is 21.5 Å². The molecule has 0 bridgehead atoms. The molecule has 0 atom stereocenters. The number of benzene rings is 6. The summed E-state index contributed by atoms with van der Waals surface area (Å²) in [6.45, 7) is 15.2. The minimum atomic E-state index is -4.94. The Morgan fingerprint density at radius 1 is 0.754 bits per heavy atom. The number of anilines is 1. The van der Waals surface area contributed by atoms with E-state index in [0.717, 1.165) is 30.4 Å². The molecule has 342 valence electrons. The van der Waals surface area contributed by atoms with Gasteiger partial charge in [0.25, 0.3) is 26.1 Å². The molecule has 0 aliphatic carbocycles. The molecular weight excluding hydrogens is 873 g/mol. The van der Waals surface area contributed by atoms with Crippen molar-refractivity contribution in [3.63, 3.8) is 0 Å². The monoisotopic (exact) mass is 924 g/mol. The maximum Gasteiger partial charge on any atom is 0.296 e. The fourth-order valence-corrected chi connectivity index (χ4v) is 8.21. The highest BCUT2D eigenvalue weighted by Crippen LogP contribution is 2.41. The largest absolute Gasteiger partial charge is 0.506 e. The van der Waals surface area contributed by atoms with Gasteiger partial charge in [-0.2, -0.15) is 21.9 Å². The van der Waals surface area contributed by atoms with Crippen LogP contribution < -0.4 is 20.1 Å². The van der Waals surface area contributed by atoms with Crippen molar-refractivity contribution in [2.24, 2.45) is 10.2 Å². The van der Waals surface area contributed by atoms with Crippen molar-refractivity contribution in [1.82, 2.24) is 5.32 Å². The summed E-state index contributed by atoms with van der Waals surface area (Å²) < 4.78 is 80.8. The molecule has 0 heterocycles. The van der Waals surface area contributed by atoms with Gasteiger partial charge in [-0.1, -0.05) is 77.9 Å². The van der Waals surface area contributed by atoms with Crippen molar-refractivity contribution in [3.8, 4) is 23.0 Å². The number of fused-ring (bicyclic) bond motifs is 2. The summed E-state index contributed by atoms with van der Waals surface area (Å²) in [5.74, 6) is 0.202. The summed E-state index contributed by atoms with van der Waals surface area (Å²) in [5.41, 5.74) is 2.19. The maximum absolute atomic E-state index is 13.5. The number of hydrogen-bond acceptors (Lipinski definition) is 11. The molecule has 17 heteroatoms. The second kappa shape index (κ2) is 19.0. The molecule has 6 aromatic rings. The molecule has 6 aromatic carbocycles. The molecule has 0 unspecified atom stereocenters. The van der Waals surface area contributed by atoms with E-state index in [-0.39, 0.29) is 55.7 Å². The number of ether oxygens (including phenoxy) is 2. The van der Waals surface area contributed by atoms with Gasteiger partial charge in [0.15, 0.2) is 0 Å². The normalized spacial score (nSPS) is 12.4. The van der Waals surface area contributed by atoms with E-state index in [1.165, 1.54) is 42.3 Å². The predicted molar refractivity (Wildman–Crippen MR) is 250 cm³/mol. The lowest BCUT2D eigenvalue weighted by molar-refractivity contribution is -0.114. The topological polar surface area (TPSA) is 230 Å². The van der Waals surface area contributed by atoms with Crippen LogP contribution >= 0.6 is 0 Å². The van der Waals surface area contributed by atoms with E-state index in [1.54, 1.807) is 36.4 Å². The van der Waals surface area contributed by atoms with Crippen LogP contribution in [0.5, 0.6) is 23.0 Å². The Morgan fingerprint density at radius 3 is 2.08 bits per heavy atom. The molecule has 0 saturated heterocycles. The fraction of sp³-hybridized carbons (Fsp3) is 0.292. The quantitative estimate of drug-likeness (QED) is 0.0348. The average molecular weight is 925 g/mol. The SMILES string of the molecule is CCC(C)(C)c1cc(C(C)(C)C)ccc1OCCCCNC(=O)c1cc(Oc2ccc(N=Nc3cc4c(NC(C)=O)cc(S(=O)(=O)O)cc4cc3S(=O)(=O)O)cc2)c2ccccc2c1O. The number of unbranched alkanes of at least 4 members (excludes halogenated alkanes) is 1. The maximum atomic E-state index is 13.5. The highest BCUT2D eigenvalue weighted by atomic mass is 32.2. The number of hydrogen-bond donors (Lipinski definition) is 5. The lowest BCUT2D eigenvalue weighted by atomic mass is 9.78. The Bertz CT molecular complexity index is 3050. The van der Waals surface area contributed by atoms with Gasteiger partial charge < -0.3 is 25.2 Å². The number of nitrogens with zero attached hydrogens (tertiary/aromatic N) is 2. The molecule has 6 rings (SSSR count). The van der Waals surface area contributed by atoms with Crippen LogP contribution in [0.1, 0.15) is 89.2 Å². The Hall–Kier alpha value is -6.40. The molecule has 5 N–H and O–H groups in total. The van der Waals surface area contributed by atoms with Crippen LogP contribution in [0.4, 0.5) is 17.1 Å². The Labute approximate surface area is 378 Å². The van der Waals surface area contributed by atoms with E-state index in [0.29, 0.717) is 42.5 Å². The van der Waals surface area contributed by atoms with Crippen LogP contribution in [0.15, 0.2) is 117 Å². The van der Waals surface area contributed by atoms with E-state index in [4.69, 9.17) is 9.47 Å². The number of phenolic OH excluding ortho intramolecular Hbond substituents is 1. The first-order valence-corrected chi connectivity index (χ1v) is 23.7. The van der Waals surface area contributed by atoms with Gasteiger partial charge in [0.1, 0.15) is 33.6 Å². The first-order chi connectivity index (χ1) is 30.5. The Balaban J connectivity index is 1.16. The van der Waals surface area contributed by atoms with Crippen LogP contribution in [-0.4, -0.2) is 56.0 Å². The number of aromatic hydroxyl groups is 1. The minimum absolute atomic E-state index is 0.00625. The summed E-state index contributed by atoms with van der Waals surface area (Å²) in [6.07, 6.45) is 2.27. The Kier molecular flexibility index (Phi) is 14.0. The molecular formula is C48H52N4O11S2. The molecule has 0 aliphatic rings. The number of nitrogens with one attached hydrogen (secondary N) is 2. The lowest BCUT2D eigenvalue weighted by Crippen LogP contribution is -2.25. The zero-order valence-electron chi connectivity index (χ0n) is 37.1. The predicted octanol–water partition coefficient (Wildman–Crippen LogP) is 10.9. The van der Waals surface area contributed by atoms with Gasteiger partial charge in [-0.3, -0.25) is 18.7 Å². The zero-order valence-corrected chi connectivity index (χ0v) is 38.7. The van der Waals surface area contributed by atoms with Crippen molar-refractivity contribution < 1.29 is 50.1 Å². The van der Waals surface area contributed by atoms with Crippen molar-refractivity contribution in [2.45, 2.75) is 88.3 Å². The molecule has 0 aromatic heterocycles. The summed E-state index contributed by atoms with van der Waals surface area (Å²) in [7, 11) is -9.71. The first-order valence-electron chi connectivity index (χ1n) is 20.8. The molecule has 0 aliphatic heterocycles. The summed E-state index contributed by atoms with van der Waals surface area (Å²) in [5, 5.41) is 25.8. The second-order valence-corrected chi connectivity index (χ2v) is 20.1. The zero-order chi connectivity index (χ0) is 47.5. The van der Waals surface area contributed by atoms with Crippen LogP contribution in [0.2, 0.25) is 0 Å². The van der Waals surface area contributed by atoms with Crippen LogP contribution in [0, 0.1) is 0 Å². The summed E-state index contributed by atoms with van der Waals surface area (Å²) in [4.78, 5) is 24.1. The molecule has 0 saturated carbocycles. The summed E-state index contributed by atoms with van der Waals surface area (Å²) >= 11 is 0. The average Bonchev–Trinajstić information content (AvgIpc) is 3.24. The van der Waals surface area contributed by atoms with Crippen molar-refractivity contribution >= 4 is 70.7 Å². The number of azo groups is 1. The van der Waals surface area contributed by atoms with Crippen molar-refractivity contribution in [1.29, 1.82) is 0 Å². The number of amides is 2. The van der Waals surface area contributed by atoms with Gasteiger partial charge in [-0.05, 0) is 102 Å². The third-order valence-corrected chi connectivity index (χ3v) is 12.7. The van der Waals surface area contributed by atoms with Crippen molar-refractivity contribution in [2.75, 3.05) is 18.5 Å². The smallest absolute Gasteiger partial charge is 0.296 e. The van der Waals surface area contributed by atoms with Crippen LogP contribution in [0.3, 0.4) is 0 Å². The summed E-state index contributed by atoms with van der Waals surface area (Å²) in [6, 6.07) is 25.1. The van der Waals surface area contributed by atoms with E-state index >= 15 is 0 Å². The highest BCUT2D eigenvalue weighted by molar-refractivity contribution is 7.86. The standard InChI is InChI=1S/C48H52N4O11S2/c1-8-48(6,7)39-25-31(47(3,4)5)15-20-42(39)62-22-12-11-21-49-46(55)38-28-43(35-13-9-10-14-36(35)45(38)54)63-33-18-16-32(17-19-33)51-52-41-27-37-30(24-44(41)65(59,60)61)23-34(64(56,57)58)26-40(37)50-29(2)53/h9-10,13-20,23-28,54H,8,11-12,21-22H2,1-7H3,(H,49,55)(H,50,53)(H,56,57,58)(H,59,60,61). The third kappa shape index (κ3) is 11.5. The fourth-order valence-electron chi connectivity index (χ4n) is 7.03. The van der Waals surface area contributed by atoms with Gasteiger partial charge in [0, 0.05) is 35.2 Å². The van der Waals surface area contributed by atoms with Gasteiger partial charge in [0.05, 0.1) is 28.4 Å². The van der Waals surface area contributed by atoms with E-state index < -0.39 is 41.8 Å². The number of rotatable bonds is 16. The van der Waals surface area contributed by atoms with Gasteiger partial charge in [0.2, 0.25) is 5.91 Å². The highest BCUT2D eigenvalue weighted by Gasteiger charge is 2.26.